The van der Waals surface area contributed by atoms with E-state index in [1.165, 1.54) is 12.1 Å². The van der Waals surface area contributed by atoms with E-state index in [9.17, 15) is 19.2 Å². The molecule has 0 aliphatic rings. The van der Waals surface area contributed by atoms with E-state index >= 15 is 0 Å². The van der Waals surface area contributed by atoms with Gasteiger partial charge >= 0.3 is 5.97 Å². The average Bonchev–Trinajstić information content (AvgIpc) is 2.38. The number of ether oxygens (including phenoxy) is 1. The number of methoxy groups -OCH3 is 1. The van der Waals surface area contributed by atoms with Crippen LogP contribution in [0.4, 0.5) is 0 Å². The zero-order valence-electron chi connectivity index (χ0n) is 10.1. The molecule has 0 bridgehead atoms. The summed E-state index contributed by atoms with van der Waals surface area (Å²) in [6.45, 7) is 0. The first-order valence-corrected chi connectivity index (χ1v) is 5.73. The predicted molar refractivity (Wildman–Crippen MR) is 66.9 cm³/mol. The summed E-state index contributed by atoms with van der Waals surface area (Å²) in [5, 5.41) is 0.319. The number of esters is 1. The van der Waals surface area contributed by atoms with E-state index in [1.54, 1.807) is 12.1 Å². The van der Waals surface area contributed by atoms with Crippen molar-refractivity contribution in [1.82, 2.24) is 0 Å². The maximum Gasteiger partial charge on any atom is 0.375 e. The van der Waals surface area contributed by atoms with Crippen LogP contribution < -0.4 is 0 Å². The minimum Gasteiger partial charge on any atom is -0.463 e. The first-order chi connectivity index (χ1) is 9.01. The monoisotopic (exact) mass is 282 g/mol. The lowest BCUT2D eigenvalue weighted by Crippen LogP contribution is -2.29. The Morgan fingerprint density at radius 2 is 2.05 bits per heavy atom. The Bertz CT molecular complexity index is 524. The Morgan fingerprint density at radius 1 is 1.37 bits per heavy atom. The van der Waals surface area contributed by atoms with E-state index in [4.69, 9.17) is 11.6 Å². The molecule has 0 aliphatic heterocycles. The molecule has 0 N–H and O–H groups in total. The van der Waals surface area contributed by atoms with Crippen LogP contribution in [0.3, 0.4) is 0 Å². The Balaban J connectivity index is 3.19. The summed E-state index contributed by atoms with van der Waals surface area (Å²) in [5.41, 5.74) is 0.259. The molecular formula is C13H11ClO5. The number of rotatable bonds is 6. The summed E-state index contributed by atoms with van der Waals surface area (Å²) < 4.78 is 4.31. The van der Waals surface area contributed by atoms with Gasteiger partial charge in [0.2, 0.25) is 0 Å². The van der Waals surface area contributed by atoms with Crippen LogP contribution in [0.5, 0.6) is 0 Å². The van der Waals surface area contributed by atoms with Crippen molar-refractivity contribution in [2.75, 3.05) is 7.11 Å². The third-order valence-corrected chi connectivity index (χ3v) is 2.67. The Labute approximate surface area is 114 Å². The predicted octanol–water partition coefficient (Wildman–Crippen LogP) is 1.32. The van der Waals surface area contributed by atoms with Gasteiger partial charge in [0.05, 0.1) is 13.5 Å². The van der Waals surface area contributed by atoms with Crippen molar-refractivity contribution in [2.45, 2.75) is 12.3 Å². The van der Waals surface area contributed by atoms with E-state index in [0.717, 1.165) is 7.11 Å². The molecule has 0 fully saturated rings. The molecule has 0 spiro atoms. The summed E-state index contributed by atoms with van der Waals surface area (Å²) in [6, 6.07) is 5.99. The van der Waals surface area contributed by atoms with E-state index in [1.807, 2.05) is 0 Å². The SMILES string of the molecule is COC(=O)C(=O)C(C(=O)CC=O)c1cccc(Cl)c1. The molecular weight excluding hydrogens is 272 g/mol. The molecule has 0 amide bonds. The standard InChI is InChI=1S/C13H11ClO5/c1-19-13(18)12(17)11(10(16)5-6-15)8-3-2-4-9(14)7-8/h2-4,6-7,11H,5H2,1H3. The lowest BCUT2D eigenvalue weighted by atomic mass is 9.89. The molecule has 1 aromatic carbocycles. The van der Waals surface area contributed by atoms with Crippen LogP contribution in [0.15, 0.2) is 24.3 Å². The van der Waals surface area contributed by atoms with E-state index in [0.29, 0.717) is 11.3 Å². The second kappa shape index (κ2) is 6.80. The van der Waals surface area contributed by atoms with Crippen LogP contribution in [0.2, 0.25) is 5.02 Å². The normalized spacial score (nSPS) is 11.5. The smallest absolute Gasteiger partial charge is 0.375 e. The zero-order chi connectivity index (χ0) is 14.4. The highest BCUT2D eigenvalue weighted by molar-refractivity contribution is 6.40. The number of benzene rings is 1. The van der Waals surface area contributed by atoms with Gasteiger partial charge in [0.25, 0.3) is 5.78 Å². The van der Waals surface area contributed by atoms with Crippen LogP contribution in [0.1, 0.15) is 17.9 Å². The maximum absolute atomic E-state index is 11.8. The van der Waals surface area contributed by atoms with Crippen molar-refractivity contribution in [3.63, 3.8) is 0 Å². The Hall–Kier alpha value is -2.01. The van der Waals surface area contributed by atoms with Gasteiger partial charge in [0.15, 0.2) is 5.78 Å². The minimum atomic E-state index is -1.36. The van der Waals surface area contributed by atoms with Gasteiger partial charge in [-0.2, -0.15) is 0 Å². The third kappa shape index (κ3) is 3.72. The Morgan fingerprint density at radius 3 is 2.58 bits per heavy atom. The minimum absolute atomic E-state index is 0.259. The summed E-state index contributed by atoms with van der Waals surface area (Å²) in [4.78, 5) is 45.3. The van der Waals surface area contributed by atoms with Gasteiger partial charge in [-0.15, -0.1) is 0 Å². The van der Waals surface area contributed by atoms with Crippen LogP contribution in [0, 0.1) is 0 Å². The highest BCUT2D eigenvalue weighted by Crippen LogP contribution is 2.23. The molecule has 6 heteroatoms. The van der Waals surface area contributed by atoms with Gasteiger partial charge in [0.1, 0.15) is 12.2 Å². The summed E-state index contributed by atoms with van der Waals surface area (Å²) >= 11 is 5.78. The number of hydrogen-bond donors (Lipinski definition) is 0. The molecule has 0 aliphatic carbocycles. The summed E-state index contributed by atoms with van der Waals surface area (Å²) in [7, 11) is 1.04. The van der Waals surface area contributed by atoms with Crippen LogP contribution in [0.25, 0.3) is 0 Å². The molecule has 1 rings (SSSR count). The molecule has 0 radical (unpaired) electrons. The second-order valence-electron chi connectivity index (χ2n) is 3.68. The fourth-order valence-electron chi connectivity index (χ4n) is 1.59. The fourth-order valence-corrected chi connectivity index (χ4v) is 1.79. The third-order valence-electron chi connectivity index (χ3n) is 2.44. The molecule has 0 heterocycles. The molecule has 1 unspecified atom stereocenters. The molecule has 19 heavy (non-hydrogen) atoms. The molecule has 100 valence electrons. The lowest BCUT2D eigenvalue weighted by Gasteiger charge is -2.12. The molecule has 5 nitrogen and oxygen atoms in total. The van der Waals surface area contributed by atoms with Gasteiger partial charge in [0, 0.05) is 5.02 Å². The van der Waals surface area contributed by atoms with Crippen LogP contribution in [-0.4, -0.2) is 30.9 Å². The zero-order valence-corrected chi connectivity index (χ0v) is 10.8. The highest BCUT2D eigenvalue weighted by atomic mass is 35.5. The first-order valence-electron chi connectivity index (χ1n) is 5.35. The molecule has 1 aromatic rings. The molecule has 0 aromatic heterocycles. The highest BCUT2D eigenvalue weighted by Gasteiger charge is 2.33. The van der Waals surface area contributed by atoms with Gasteiger partial charge in [-0.25, -0.2) is 4.79 Å². The quantitative estimate of drug-likeness (QED) is 0.340. The van der Waals surface area contributed by atoms with Crippen molar-refractivity contribution >= 4 is 35.4 Å². The van der Waals surface area contributed by atoms with Crippen molar-refractivity contribution in [2.24, 2.45) is 0 Å². The lowest BCUT2D eigenvalue weighted by molar-refractivity contribution is -0.153. The number of carbonyl (C=O) groups excluding carboxylic acids is 4. The number of carbonyl (C=O) groups is 4. The van der Waals surface area contributed by atoms with Gasteiger partial charge < -0.3 is 9.53 Å². The number of aldehydes is 1. The summed E-state index contributed by atoms with van der Waals surface area (Å²) in [5.74, 6) is -4.19. The van der Waals surface area contributed by atoms with Gasteiger partial charge in [-0.1, -0.05) is 23.7 Å². The maximum atomic E-state index is 11.8. The van der Waals surface area contributed by atoms with Crippen LogP contribution in [-0.2, 0) is 23.9 Å². The number of ketones is 2. The summed E-state index contributed by atoms with van der Waals surface area (Å²) in [6.07, 6.45) is -0.0790. The number of Topliss-reactive ketones (excluding diaryl/α,β-unsaturated/α-hetero) is 2. The molecule has 0 saturated heterocycles. The Kier molecular flexibility index (Phi) is 5.38. The fraction of sp³-hybridized carbons (Fsp3) is 0.231. The molecule has 1 atom stereocenters. The number of halogens is 1. The number of hydrogen-bond acceptors (Lipinski definition) is 5. The van der Waals surface area contributed by atoms with Crippen molar-refractivity contribution in [1.29, 1.82) is 0 Å². The average molecular weight is 283 g/mol. The van der Waals surface area contributed by atoms with E-state index < -0.39 is 29.9 Å². The van der Waals surface area contributed by atoms with E-state index in [-0.39, 0.29) is 5.56 Å². The van der Waals surface area contributed by atoms with Crippen molar-refractivity contribution < 1.29 is 23.9 Å². The van der Waals surface area contributed by atoms with E-state index in [2.05, 4.69) is 4.74 Å². The topological polar surface area (TPSA) is 77.5 Å². The molecule has 0 saturated carbocycles. The van der Waals surface area contributed by atoms with Gasteiger partial charge in [-0.3, -0.25) is 9.59 Å². The first kappa shape index (κ1) is 15.0. The largest absolute Gasteiger partial charge is 0.463 e. The van der Waals surface area contributed by atoms with Crippen molar-refractivity contribution in [3.05, 3.63) is 34.9 Å². The van der Waals surface area contributed by atoms with Crippen LogP contribution >= 0.6 is 11.6 Å². The van der Waals surface area contributed by atoms with Crippen molar-refractivity contribution in [3.8, 4) is 0 Å². The van der Waals surface area contributed by atoms with Gasteiger partial charge in [-0.05, 0) is 17.7 Å². The second-order valence-corrected chi connectivity index (χ2v) is 4.12.